The van der Waals surface area contributed by atoms with Gasteiger partial charge in [-0.2, -0.15) is 11.8 Å². The Balaban J connectivity index is 0.00000253. The van der Waals surface area contributed by atoms with E-state index in [2.05, 4.69) is 42.5 Å². The minimum atomic E-state index is -0.961. The van der Waals surface area contributed by atoms with Crippen LogP contribution in [0.1, 0.15) is 75.3 Å². The average Bonchev–Trinajstić information content (AvgIpc) is 3.69. The summed E-state index contributed by atoms with van der Waals surface area (Å²) in [6.45, 7) is 5.18. The molecule has 5 rings (SSSR count). The Labute approximate surface area is 281 Å². The van der Waals surface area contributed by atoms with E-state index in [0.717, 1.165) is 64.1 Å². The number of halogens is 1. The van der Waals surface area contributed by atoms with Crippen LogP contribution < -0.4 is 29.6 Å². The van der Waals surface area contributed by atoms with Crippen molar-refractivity contribution in [3.63, 3.8) is 0 Å². The summed E-state index contributed by atoms with van der Waals surface area (Å²) in [5.74, 6) is 1.63. The molecule has 1 aromatic heterocycles. The van der Waals surface area contributed by atoms with Crippen LogP contribution in [0.2, 0.25) is 5.02 Å². The van der Waals surface area contributed by atoms with Crippen molar-refractivity contribution in [2.45, 2.75) is 57.2 Å². The average molecular weight is 610 g/mol. The number of esters is 1. The maximum absolute atomic E-state index is 11.5. The summed E-state index contributed by atoms with van der Waals surface area (Å²) in [5, 5.41) is 12.7. The molecule has 1 aliphatic rings. The van der Waals surface area contributed by atoms with E-state index in [-0.39, 0.29) is 48.5 Å². The number of carbonyl (C=O) groups excluding carboxylic acids is 1. The summed E-state index contributed by atoms with van der Waals surface area (Å²) in [6.07, 6.45) is 6.90. The van der Waals surface area contributed by atoms with E-state index >= 15 is 0 Å². The van der Waals surface area contributed by atoms with Crippen LogP contribution in [0.15, 0.2) is 78.9 Å². The Morgan fingerprint density at radius 3 is 2.60 bits per heavy atom. The zero-order valence-corrected chi connectivity index (χ0v) is 28.3. The van der Waals surface area contributed by atoms with Gasteiger partial charge in [0.2, 0.25) is 0 Å². The van der Waals surface area contributed by atoms with Crippen LogP contribution in [0.5, 0.6) is 0 Å². The zero-order chi connectivity index (χ0) is 29.0. The number of benzene rings is 3. The molecule has 0 spiro atoms. The first-order chi connectivity index (χ1) is 19.6. The van der Waals surface area contributed by atoms with Crippen molar-refractivity contribution in [3.8, 4) is 0 Å². The number of ether oxygens (including phenoxy) is 1. The molecule has 1 heterocycles. The van der Waals surface area contributed by atoms with Crippen molar-refractivity contribution in [1.82, 2.24) is 4.98 Å². The number of thioether (sulfide) groups is 1. The normalized spacial score (nSPS) is 14.9. The second kappa shape index (κ2) is 14.1. The fourth-order valence-electron chi connectivity index (χ4n) is 5.30. The third-order valence-corrected chi connectivity index (χ3v) is 9.00. The van der Waals surface area contributed by atoms with Crippen molar-refractivity contribution in [2.24, 2.45) is 0 Å². The van der Waals surface area contributed by atoms with E-state index < -0.39 is 5.60 Å². The number of fused-ring (bicyclic) bond motifs is 1. The molecule has 4 aromatic rings. The first kappa shape index (κ1) is 32.8. The van der Waals surface area contributed by atoms with E-state index in [9.17, 15) is 9.90 Å². The van der Waals surface area contributed by atoms with Gasteiger partial charge in [0.1, 0.15) is 5.60 Å². The first-order valence-corrected chi connectivity index (χ1v) is 15.6. The smallest absolute Gasteiger partial charge is 1.00 e. The van der Waals surface area contributed by atoms with Crippen LogP contribution in [0.3, 0.4) is 0 Å². The Morgan fingerprint density at radius 2 is 1.86 bits per heavy atom. The van der Waals surface area contributed by atoms with Gasteiger partial charge in [0.25, 0.3) is 0 Å². The number of aromatic nitrogens is 1. The largest absolute Gasteiger partial charge is 1.00 e. The molecule has 7 heteroatoms. The second-order valence-corrected chi connectivity index (χ2v) is 12.9. The van der Waals surface area contributed by atoms with Gasteiger partial charge in [0.05, 0.1) is 16.8 Å². The molecule has 1 unspecified atom stereocenters. The van der Waals surface area contributed by atoms with E-state index in [1.807, 2.05) is 74.1 Å². The van der Waals surface area contributed by atoms with Gasteiger partial charge in [-0.25, -0.2) is 4.98 Å². The van der Waals surface area contributed by atoms with Crippen molar-refractivity contribution >= 4 is 52.4 Å². The Hall–Kier alpha value is -2.12. The van der Waals surface area contributed by atoms with Crippen LogP contribution in [-0.4, -0.2) is 33.2 Å². The maximum Gasteiger partial charge on any atom is 1.00 e. The van der Waals surface area contributed by atoms with Gasteiger partial charge in [-0.3, -0.25) is 4.79 Å². The number of hydrogen-bond donors (Lipinski definition) is 1. The molecule has 0 saturated heterocycles. The number of nitrogens with zero attached hydrogens (tertiary/aromatic N) is 1. The summed E-state index contributed by atoms with van der Waals surface area (Å²) in [5.41, 5.74) is 4.86. The van der Waals surface area contributed by atoms with Gasteiger partial charge in [-0.05, 0) is 85.4 Å². The van der Waals surface area contributed by atoms with E-state index in [1.165, 1.54) is 12.5 Å². The molecule has 1 fully saturated rings. The fraction of sp³-hybridized carbons (Fsp3) is 0.314. The molecule has 1 saturated carbocycles. The Bertz CT molecular complexity index is 1590. The van der Waals surface area contributed by atoms with Crippen molar-refractivity contribution in [3.05, 3.63) is 112 Å². The number of rotatable bonds is 11. The summed E-state index contributed by atoms with van der Waals surface area (Å²) in [4.78, 5) is 16.3. The number of aliphatic hydroxyl groups is 1. The predicted molar refractivity (Wildman–Crippen MR) is 172 cm³/mol. The number of pyridine rings is 1. The summed E-state index contributed by atoms with van der Waals surface area (Å²) in [6, 6.07) is 26.6. The second-order valence-electron chi connectivity index (χ2n) is 11.4. The summed E-state index contributed by atoms with van der Waals surface area (Å²) in [7, 11) is 0. The molecule has 214 valence electrons. The van der Waals surface area contributed by atoms with Crippen molar-refractivity contribution in [1.29, 1.82) is 0 Å². The van der Waals surface area contributed by atoms with Crippen LogP contribution in [0.25, 0.3) is 23.1 Å². The van der Waals surface area contributed by atoms with E-state index in [1.54, 1.807) is 0 Å². The maximum atomic E-state index is 11.5. The van der Waals surface area contributed by atoms with Gasteiger partial charge in [0.15, 0.2) is 0 Å². The minimum Gasteiger partial charge on any atom is -1.00 e. The Kier molecular flexibility index (Phi) is 11.0. The zero-order valence-electron chi connectivity index (χ0n) is 25.8. The van der Waals surface area contributed by atoms with Crippen molar-refractivity contribution in [2.75, 3.05) is 11.5 Å². The van der Waals surface area contributed by atoms with Gasteiger partial charge < -0.3 is 11.3 Å². The Morgan fingerprint density at radius 1 is 1.10 bits per heavy atom. The molecular formula is C35H37ClNNaO3S. The number of carbonyl (C=O) groups is 1. The molecule has 4 nitrogen and oxygen atoms in total. The molecular weight excluding hydrogens is 573 g/mol. The van der Waals surface area contributed by atoms with Crippen LogP contribution in [0.4, 0.5) is 0 Å². The summed E-state index contributed by atoms with van der Waals surface area (Å²) >= 11 is 8.01. The van der Waals surface area contributed by atoms with E-state index in [4.69, 9.17) is 21.3 Å². The molecule has 1 aliphatic carbocycles. The molecule has 0 bridgehead atoms. The molecule has 1 atom stereocenters. The molecule has 0 radical (unpaired) electrons. The molecule has 3 aromatic carbocycles. The van der Waals surface area contributed by atoms with Gasteiger partial charge in [0, 0.05) is 29.0 Å². The standard InChI is InChI=1S/C35H36ClNO3S.Na.H/c1-24(38)40-35(18-19-35)23-41-20-17-30(31-9-4-5-10-32(31)34(2,3)39)27-8-6-7-25(21-27)11-15-29-16-13-26-12-14-28(36)22-33(26)37-29;;/h4-16,21-22,30,39H,17-20,23H2,1-3H3;;/q;+1;-1/b15-11+;;. The quantitative estimate of drug-likeness (QED) is 0.133. The third kappa shape index (κ3) is 8.49. The van der Waals surface area contributed by atoms with Crippen molar-refractivity contribution < 1.29 is 45.6 Å². The van der Waals surface area contributed by atoms with E-state index in [0.29, 0.717) is 5.02 Å². The molecule has 1 N–H and O–H groups in total. The fourth-order valence-corrected chi connectivity index (χ4v) is 6.73. The minimum absolute atomic E-state index is 0. The molecule has 0 amide bonds. The SMILES string of the molecule is CC(=O)OC1(CSCCC(c2cccc(/C=C/c3ccc4ccc(Cl)cc4n3)c2)c2ccccc2C(C)(C)O)CC1.[H-].[Na+]. The first-order valence-electron chi connectivity index (χ1n) is 14.1. The van der Waals surface area contributed by atoms with Gasteiger partial charge in [-0.1, -0.05) is 78.3 Å². The van der Waals surface area contributed by atoms with Gasteiger partial charge in [-0.15, -0.1) is 0 Å². The third-order valence-electron chi connectivity index (χ3n) is 7.51. The van der Waals surface area contributed by atoms with Crippen LogP contribution in [-0.2, 0) is 15.1 Å². The summed E-state index contributed by atoms with van der Waals surface area (Å²) < 4.78 is 5.59. The predicted octanol–water partition coefficient (Wildman–Crippen LogP) is 5.75. The molecule has 42 heavy (non-hydrogen) atoms. The van der Waals surface area contributed by atoms with Crippen LogP contribution >= 0.6 is 23.4 Å². The monoisotopic (exact) mass is 609 g/mol. The molecule has 0 aliphatic heterocycles. The van der Waals surface area contributed by atoms with Gasteiger partial charge >= 0.3 is 35.5 Å². The number of hydrogen-bond acceptors (Lipinski definition) is 5. The topological polar surface area (TPSA) is 59.4 Å². The van der Waals surface area contributed by atoms with Crippen LogP contribution in [0, 0.1) is 0 Å².